The molecule has 2 heterocycles. The summed E-state index contributed by atoms with van der Waals surface area (Å²) in [6.45, 7) is 7.27. The van der Waals surface area contributed by atoms with Gasteiger partial charge in [0.25, 0.3) is 0 Å². The number of carbonyl (C=O) groups is 1. The first-order valence-electron chi connectivity index (χ1n) is 8.22. The van der Waals surface area contributed by atoms with Crippen LogP contribution in [0, 0.1) is 11.8 Å². The number of hydrogen-bond donors (Lipinski definition) is 2. The predicted octanol–water partition coefficient (Wildman–Crippen LogP) is 1.84. The molecule has 3 fully saturated rings. The lowest BCUT2D eigenvalue weighted by atomic mass is 9.70. The highest BCUT2D eigenvalue weighted by Gasteiger charge is 2.44. The second-order valence-corrected chi connectivity index (χ2v) is 7.19. The Bertz CT molecular complexity index is 381. The number of carbonyl (C=O) groups excluding carboxylic acids is 1. The first-order valence-corrected chi connectivity index (χ1v) is 8.22. The Morgan fingerprint density at radius 1 is 1.25 bits per heavy atom. The molecular formula is C16H28N2O2. The van der Waals surface area contributed by atoms with E-state index in [9.17, 15) is 4.79 Å². The molecule has 0 aromatic carbocycles. The summed E-state index contributed by atoms with van der Waals surface area (Å²) in [5.74, 6) is 0.525. The summed E-state index contributed by atoms with van der Waals surface area (Å²) in [7, 11) is 0. The second-order valence-electron chi connectivity index (χ2n) is 7.19. The third-order valence-electron chi connectivity index (χ3n) is 5.83. The predicted molar refractivity (Wildman–Crippen MR) is 78.4 cm³/mol. The molecule has 2 aliphatic heterocycles. The van der Waals surface area contributed by atoms with Crippen LogP contribution < -0.4 is 10.6 Å². The Labute approximate surface area is 122 Å². The van der Waals surface area contributed by atoms with E-state index in [1.165, 1.54) is 19.3 Å². The van der Waals surface area contributed by atoms with Crippen molar-refractivity contribution in [3.63, 3.8) is 0 Å². The van der Waals surface area contributed by atoms with E-state index in [1.54, 1.807) is 0 Å². The molecule has 1 spiro atoms. The highest BCUT2D eigenvalue weighted by Crippen LogP contribution is 2.38. The van der Waals surface area contributed by atoms with Crippen LogP contribution in [0.1, 0.15) is 52.9 Å². The molecular weight excluding hydrogens is 252 g/mol. The zero-order chi connectivity index (χ0) is 14.3. The SMILES string of the molecule is CC1OC(C)C(C(=O)NC2CCNC3(CCC3)C2)C1C. The maximum atomic E-state index is 12.6. The van der Waals surface area contributed by atoms with Gasteiger partial charge >= 0.3 is 0 Å². The van der Waals surface area contributed by atoms with Crippen molar-refractivity contribution in [3.05, 3.63) is 0 Å². The van der Waals surface area contributed by atoms with Gasteiger partial charge in [0.05, 0.1) is 18.1 Å². The molecule has 2 saturated heterocycles. The minimum atomic E-state index is 0.0113. The van der Waals surface area contributed by atoms with Crippen LogP contribution in [0.3, 0.4) is 0 Å². The minimum Gasteiger partial charge on any atom is -0.374 e. The number of rotatable bonds is 2. The van der Waals surface area contributed by atoms with E-state index in [0.717, 1.165) is 19.4 Å². The topological polar surface area (TPSA) is 50.4 Å². The fourth-order valence-electron chi connectivity index (χ4n) is 4.28. The average Bonchev–Trinajstić information content (AvgIpc) is 2.61. The highest BCUT2D eigenvalue weighted by atomic mass is 16.5. The van der Waals surface area contributed by atoms with Crippen LogP contribution in [0.4, 0.5) is 0 Å². The van der Waals surface area contributed by atoms with Gasteiger partial charge in [0.1, 0.15) is 0 Å². The molecule has 1 saturated carbocycles. The third kappa shape index (κ3) is 2.48. The highest BCUT2D eigenvalue weighted by molar-refractivity contribution is 5.80. The number of amides is 1. The molecule has 2 N–H and O–H groups in total. The lowest BCUT2D eigenvalue weighted by Gasteiger charge is -2.48. The molecule has 3 rings (SSSR count). The molecule has 20 heavy (non-hydrogen) atoms. The zero-order valence-corrected chi connectivity index (χ0v) is 12.9. The Morgan fingerprint density at radius 3 is 2.55 bits per heavy atom. The van der Waals surface area contributed by atoms with Gasteiger partial charge in [-0.25, -0.2) is 0 Å². The molecule has 0 aromatic rings. The van der Waals surface area contributed by atoms with Crippen LogP contribution in [-0.4, -0.2) is 36.2 Å². The lowest BCUT2D eigenvalue weighted by Crippen LogP contribution is -2.60. The van der Waals surface area contributed by atoms with Crippen molar-refractivity contribution in [1.29, 1.82) is 0 Å². The molecule has 5 atom stereocenters. The second kappa shape index (κ2) is 5.30. The van der Waals surface area contributed by atoms with Gasteiger partial charge in [-0.15, -0.1) is 0 Å². The van der Waals surface area contributed by atoms with Gasteiger partial charge in [0.2, 0.25) is 5.91 Å². The van der Waals surface area contributed by atoms with Crippen LogP contribution in [-0.2, 0) is 9.53 Å². The van der Waals surface area contributed by atoms with Crippen molar-refractivity contribution in [2.45, 2.75) is 76.7 Å². The Kier molecular flexibility index (Phi) is 3.80. The number of ether oxygens (including phenoxy) is 1. The monoisotopic (exact) mass is 280 g/mol. The van der Waals surface area contributed by atoms with Gasteiger partial charge in [-0.1, -0.05) is 6.92 Å². The fraction of sp³-hybridized carbons (Fsp3) is 0.938. The van der Waals surface area contributed by atoms with Crippen molar-refractivity contribution >= 4 is 5.91 Å². The molecule has 1 aliphatic carbocycles. The molecule has 4 heteroatoms. The molecule has 0 bridgehead atoms. The Balaban J connectivity index is 1.58. The van der Waals surface area contributed by atoms with E-state index in [2.05, 4.69) is 24.5 Å². The summed E-state index contributed by atoms with van der Waals surface area (Å²) in [4.78, 5) is 12.6. The third-order valence-corrected chi connectivity index (χ3v) is 5.83. The molecule has 4 nitrogen and oxygen atoms in total. The van der Waals surface area contributed by atoms with Gasteiger partial charge in [0.15, 0.2) is 0 Å². The summed E-state index contributed by atoms with van der Waals surface area (Å²) < 4.78 is 5.80. The zero-order valence-electron chi connectivity index (χ0n) is 12.9. The Hall–Kier alpha value is -0.610. The first-order chi connectivity index (χ1) is 9.51. The molecule has 5 unspecified atom stereocenters. The largest absolute Gasteiger partial charge is 0.374 e. The lowest BCUT2D eigenvalue weighted by molar-refractivity contribution is -0.128. The molecule has 0 radical (unpaired) electrons. The maximum absolute atomic E-state index is 12.6. The van der Waals surface area contributed by atoms with Crippen molar-refractivity contribution in [1.82, 2.24) is 10.6 Å². The molecule has 3 aliphatic rings. The summed E-state index contributed by atoms with van der Waals surface area (Å²) in [5, 5.41) is 6.96. The van der Waals surface area contributed by atoms with Crippen LogP contribution >= 0.6 is 0 Å². The number of hydrogen-bond acceptors (Lipinski definition) is 3. The van der Waals surface area contributed by atoms with Gasteiger partial charge in [0, 0.05) is 11.6 Å². The summed E-state index contributed by atoms with van der Waals surface area (Å²) in [5.41, 5.74) is 0.340. The van der Waals surface area contributed by atoms with E-state index >= 15 is 0 Å². The standard InChI is InChI=1S/C16H28N2O2/c1-10-11(2)20-12(3)14(10)15(19)18-13-5-8-17-16(9-13)6-4-7-16/h10-14,17H,4-9H2,1-3H3,(H,18,19). The van der Waals surface area contributed by atoms with E-state index in [0.29, 0.717) is 17.5 Å². The quantitative estimate of drug-likeness (QED) is 0.811. The van der Waals surface area contributed by atoms with Gasteiger partial charge in [-0.3, -0.25) is 4.79 Å². The normalized spacial score (nSPS) is 43.2. The van der Waals surface area contributed by atoms with Crippen LogP contribution in [0.2, 0.25) is 0 Å². The van der Waals surface area contributed by atoms with Gasteiger partial charge in [-0.05, 0) is 58.4 Å². The van der Waals surface area contributed by atoms with Crippen LogP contribution in [0.5, 0.6) is 0 Å². The number of nitrogens with one attached hydrogen (secondary N) is 2. The molecule has 114 valence electrons. The molecule has 0 aromatic heterocycles. The fourth-order valence-corrected chi connectivity index (χ4v) is 4.28. The number of piperidine rings is 1. The van der Waals surface area contributed by atoms with E-state index in [4.69, 9.17) is 4.74 Å². The average molecular weight is 280 g/mol. The Morgan fingerprint density at radius 2 is 2.00 bits per heavy atom. The van der Waals surface area contributed by atoms with Crippen molar-refractivity contribution in [3.8, 4) is 0 Å². The smallest absolute Gasteiger partial charge is 0.226 e. The van der Waals surface area contributed by atoms with Gasteiger partial charge in [-0.2, -0.15) is 0 Å². The molecule has 1 amide bonds. The minimum absolute atomic E-state index is 0.0113. The summed E-state index contributed by atoms with van der Waals surface area (Å²) in [6.07, 6.45) is 6.26. The van der Waals surface area contributed by atoms with Crippen molar-refractivity contribution in [2.75, 3.05) is 6.54 Å². The summed E-state index contributed by atoms with van der Waals surface area (Å²) >= 11 is 0. The van der Waals surface area contributed by atoms with Crippen molar-refractivity contribution < 1.29 is 9.53 Å². The van der Waals surface area contributed by atoms with E-state index in [-0.39, 0.29) is 24.0 Å². The van der Waals surface area contributed by atoms with Crippen LogP contribution in [0.15, 0.2) is 0 Å². The summed E-state index contributed by atoms with van der Waals surface area (Å²) in [6, 6.07) is 0.347. The maximum Gasteiger partial charge on any atom is 0.226 e. The van der Waals surface area contributed by atoms with Gasteiger partial charge < -0.3 is 15.4 Å². The van der Waals surface area contributed by atoms with E-state index < -0.39 is 0 Å². The first kappa shape index (κ1) is 14.3. The van der Waals surface area contributed by atoms with E-state index in [1.807, 2.05) is 6.92 Å². The van der Waals surface area contributed by atoms with Crippen molar-refractivity contribution in [2.24, 2.45) is 11.8 Å². The van der Waals surface area contributed by atoms with Crippen LogP contribution in [0.25, 0.3) is 0 Å².